The molecule has 1 unspecified atom stereocenters. The second-order valence-corrected chi connectivity index (χ2v) is 10.7. The molecule has 0 amide bonds. The van der Waals surface area contributed by atoms with Crippen molar-refractivity contribution in [2.24, 2.45) is 0 Å². The van der Waals surface area contributed by atoms with Gasteiger partial charge in [0, 0.05) is 26.5 Å². The fraction of sp³-hybridized carbons (Fsp3) is 0.464. The molecule has 242 valence electrons. The minimum Gasteiger partial charge on any atom is -0.491 e. The van der Waals surface area contributed by atoms with Crippen LogP contribution in [0, 0.1) is 0 Å². The molecule has 1 saturated heterocycles. The van der Waals surface area contributed by atoms with E-state index >= 15 is 0 Å². The van der Waals surface area contributed by atoms with Crippen molar-refractivity contribution in [3.05, 3.63) is 36.2 Å². The van der Waals surface area contributed by atoms with Crippen molar-refractivity contribution in [2.45, 2.75) is 63.5 Å². The normalized spacial score (nSPS) is 19.9. The predicted octanol–water partition coefficient (Wildman–Crippen LogP) is 1.44. The van der Waals surface area contributed by atoms with Gasteiger partial charge in [-0.15, -0.1) is 0 Å². The average molecular weight is 648 g/mol. The molecule has 0 bridgehead atoms. The van der Waals surface area contributed by atoms with Gasteiger partial charge in [0.2, 0.25) is 0 Å². The lowest BCUT2D eigenvalue weighted by molar-refractivity contribution is -0.166. The number of aliphatic hydroxyl groups is 1. The molecule has 1 fully saturated rings. The average Bonchev–Trinajstić information content (AvgIpc) is 3.51. The van der Waals surface area contributed by atoms with E-state index in [0.717, 1.165) is 11.8 Å². The Kier molecular flexibility index (Phi) is 11.1. The molecule has 0 saturated carbocycles. The number of ether oxygens (including phenoxy) is 6. The van der Waals surface area contributed by atoms with Crippen molar-refractivity contribution in [1.82, 2.24) is 19.5 Å². The van der Waals surface area contributed by atoms with Gasteiger partial charge in [-0.25, -0.2) is 19.7 Å². The van der Waals surface area contributed by atoms with Crippen LogP contribution in [-0.4, -0.2) is 98.5 Å². The van der Waals surface area contributed by atoms with E-state index in [-0.39, 0.29) is 47.7 Å². The fourth-order valence-electron chi connectivity index (χ4n) is 4.45. The Labute approximate surface area is 261 Å². The summed E-state index contributed by atoms with van der Waals surface area (Å²) in [7, 11) is 0. The Bertz CT molecular complexity index is 1530. The summed E-state index contributed by atoms with van der Waals surface area (Å²) in [5.74, 6) is -1.84. The maximum atomic E-state index is 12.2. The molecule has 17 heteroatoms. The number of anilines is 1. The van der Waals surface area contributed by atoms with Gasteiger partial charge in [-0.1, -0.05) is 11.8 Å². The lowest BCUT2D eigenvalue weighted by Crippen LogP contribution is -2.40. The van der Waals surface area contributed by atoms with Crippen molar-refractivity contribution in [3.8, 4) is 5.75 Å². The van der Waals surface area contributed by atoms with Gasteiger partial charge in [-0.05, 0) is 31.2 Å². The zero-order valence-electron chi connectivity index (χ0n) is 24.9. The summed E-state index contributed by atoms with van der Waals surface area (Å²) in [6, 6.07) is 6.29. The van der Waals surface area contributed by atoms with Crippen LogP contribution in [0.2, 0.25) is 0 Å². The summed E-state index contributed by atoms with van der Waals surface area (Å²) in [5.41, 5.74) is 6.88. The SMILES string of the molecule is CCOC(=O)c1ccc(OCC(O)CSc2nc3c(N)ncnc3n2[C@@H]2O[C@H](COC(C)=O)[C@@H](OC(C)=O)[C@H]2OC(C)=O)cc1. The standard InChI is InChI=1S/C28H33N5O11S/c1-5-39-27(38)17-6-8-19(9-7-17)41-10-18(37)12-45-28-32-21-24(29)30-13-31-25(21)33(28)26-23(43-16(4)36)22(42-15(3)35)20(44-26)11-40-14(2)34/h6-9,13,18,20,22-23,26,37H,5,10-12H2,1-4H3,(H2,29,30,31)/t18?,20-,22-,23-,26-/m1/s1. The maximum absolute atomic E-state index is 12.2. The number of nitrogens with two attached hydrogens (primary N) is 1. The second kappa shape index (κ2) is 15.0. The zero-order chi connectivity index (χ0) is 32.7. The number of thioether (sulfide) groups is 1. The van der Waals surface area contributed by atoms with E-state index < -0.39 is 54.5 Å². The molecule has 2 aromatic heterocycles. The van der Waals surface area contributed by atoms with E-state index in [1.807, 2.05) is 0 Å². The maximum Gasteiger partial charge on any atom is 0.338 e. The third-order valence-electron chi connectivity index (χ3n) is 6.28. The molecule has 0 aliphatic carbocycles. The first-order chi connectivity index (χ1) is 21.5. The molecule has 16 nitrogen and oxygen atoms in total. The number of nitrogen functional groups attached to an aromatic ring is 1. The number of aliphatic hydroxyl groups excluding tert-OH is 1. The minimum atomic E-state index is -1.20. The minimum absolute atomic E-state index is 0.0609. The number of hydrogen-bond donors (Lipinski definition) is 2. The Morgan fingerprint density at radius 2 is 1.71 bits per heavy atom. The number of carbonyl (C=O) groups is 4. The molecule has 1 aromatic carbocycles. The molecule has 1 aliphatic rings. The van der Waals surface area contributed by atoms with Crippen molar-refractivity contribution in [2.75, 3.05) is 31.3 Å². The number of esters is 4. The molecular formula is C28H33N5O11S. The van der Waals surface area contributed by atoms with Crippen molar-refractivity contribution in [3.63, 3.8) is 0 Å². The number of hydrogen-bond acceptors (Lipinski definition) is 16. The van der Waals surface area contributed by atoms with Gasteiger partial charge >= 0.3 is 23.9 Å². The van der Waals surface area contributed by atoms with Gasteiger partial charge in [-0.2, -0.15) is 0 Å². The first-order valence-corrected chi connectivity index (χ1v) is 14.8. The van der Waals surface area contributed by atoms with Crippen LogP contribution in [0.1, 0.15) is 44.3 Å². The summed E-state index contributed by atoms with van der Waals surface area (Å²) in [6.45, 7) is 5.15. The van der Waals surface area contributed by atoms with Crippen LogP contribution in [-0.2, 0) is 38.1 Å². The largest absolute Gasteiger partial charge is 0.491 e. The van der Waals surface area contributed by atoms with E-state index in [2.05, 4.69) is 15.0 Å². The van der Waals surface area contributed by atoms with Crippen molar-refractivity contribution >= 4 is 52.6 Å². The molecule has 0 spiro atoms. The van der Waals surface area contributed by atoms with Crippen LogP contribution < -0.4 is 10.5 Å². The highest BCUT2D eigenvalue weighted by atomic mass is 32.2. The topological polar surface area (TPSA) is 214 Å². The van der Waals surface area contributed by atoms with E-state index in [0.29, 0.717) is 11.3 Å². The molecule has 3 N–H and O–H groups in total. The monoisotopic (exact) mass is 647 g/mol. The first kappa shape index (κ1) is 33.4. The quantitative estimate of drug-likeness (QED) is 0.152. The highest BCUT2D eigenvalue weighted by molar-refractivity contribution is 7.99. The van der Waals surface area contributed by atoms with E-state index in [1.165, 1.54) is 31.7 Å². The third-order valence-corrected chi connectivity index (χ3v) is 7.38. The van der Waals surface area contributed by atoms with Crippen molar-refractivity contribution in [1.29, 1.82) is 0 Å². The molecule has 45 heavy (non-hydrogen) atoms. The molecule has 0 radical (unpaired) electrons. The van der Waals surface area contributed by atoms with Crippen LogP contribution in [0.25, 0.3) is 11.2 Å². The second-order valence-electron chi connectivity index (χ2n) is 9.73. The fourth-order valence-corrected chi connectivity index (χ4v) is 5.37. The molecule has 1 aliphatic heterocycles. The number of imidazole rings is 1. The van der Waals surface area contributed by atoms with Crippen LogP contribution in [0.4, 0.5) is 5.82 Å². The predicted molar refractivity (Wildman–Crippen MR) is 156 cm³/mol. The van der Waals surface area contributed by atoms with Gasteiger partial charge in [0.1, 0.15) is 31.4 Å². The van der Waals surface area contributed by atoms with E-state index in [9.17, 15) is 24.3 Å². The number of fused-ring (bicyclic) bond motifs is 1. The Morgan fingerprint density at radius 3 is 2.36 bits per heavy atom. The molecule has 3 heterocycles. The number of rotatable bonds is 13. The summed E-state index contributed by atoms with van der Waals surface area (Å²) in [5, 5.41) is 11.0. The Balaban J connectivity index is 1.57. The first-order valence-electron chi connectivity index (χ1n) is 13.8. The number of nitrogens with zero attached hydrogens (tertiary/aromatic N) is 4. The van der Waals surface area contributed by atoms with Gasteiger partial charge < -0.3 is 39.3 Å². The number of aromatic nitrogens is 4. The highest BCUT2D eigenvalue weighted by Gasteiger charge is 2.51. The molecule has 3 aromatic rings. The highest BCUT2D eigenvalue weighted by Crippen LogP contribution is 2.39. The van der Waals surface area contributed by atoms with Gasteiger partial charge in [-0.3, -0.25) is 19.0 Å². The lowest BCUT2D eigenvalue weighted by Gasteiger charge is -2.24. The molecular weight excluding hydrogens is 614 g/mol. The molecule has 4 rings (SSSR count). The Morgan fingerprint density at radius 1 is 1.02 bits per heavy atom. The third kappa shape index (κ3) is 8.37. The van der Waals surface area contributed by atoms with Gasteiger partial charge in [0.05, 0.1) is 18.3 Å². The number of carbonyl (C=O) groups excluding carboxylic acids is 4. The number of benzene rings is 1. The van der Waals surface area contributed by atoms with Crippen LogP contribution in [0.3, 0.4) is 0 Å². The van der Waals surface area contributed by atoms with Gasteiger partial charge in [0.15, 0.2) is 40.6 Å². The van der Waals surface area contributed by atoms with E-state index in [4.69, 9.17) is 34.2 Å². The van der Waals surface area contributed by atoms with Crippen LogP contribution in [0.5, 0.6) is 5.75 Å². The van der Waals surface area contributed by atoms with Gasteiger partial charge in [0.25, 0.3) is 0 Å². The summed E-state index contributed by atoms with van der Waals surface area (Å²) in [4.78, 5) is 60.4. The zero-order valence-corrected chi connectivity index (χ0v) is 25.7. The summed E-state index contributed by atoms with van der Waals surface area (Å²) < 4.78 is 34.5. The summed E-state index contributed by atoms with van der Waals surface area (Å²) >= 11 is 1.10. The summed E-state index contributed by atoms with van der Waals surface area (Å²) in [6.07, 6.45) is -4.31. The van der Waals surface area contributed by atoms with Crippen LogP contribution in [0.15, 0.2) is 35.7 Å². The van der Waals surface area contributed by atoms with E-state index in [1.54, 1.807) is 31.2 Å². The molecule has 5 atom stereocenters. The lowest BCUT2D eigenvalue weighted by atomic mass is 10.1. The Hall–Kier alpha value is -4.48. The van der Waals surface area contributed by atoms with Crippen LogP contribution >= 0.6 is 11.8 Å². The smallest absolute Gasteiger partial charge is 0.338 e. The van der Waals surface area contributed by atoms with Crippen molar-refractivity contribution < 1.29 is 52.7 Å².